The Bertz CT molecular complexity index is 707. The first-order valence-electron chi connectivity index (χ1n) is 8.91. The van der Waals surface area contributed by atoms with Crippen molar-refractivity contribution in [1.82, 2.24) is 4.90 Å². The molecule has 0 aliphatic carbocycles. The third kappa shape index (κ3) is 4.53. The van der Waals surface area contributed by atoms with E-state index >= 15 is 0 Å². The van der Waals surface area contributed by atoms with Crippen LogP contribution in [0.3, 0.4) is 0 Å². The minimum Gasteiger partial charge on any atom is -0.493 e. The van der Waals surface area contributed by atoms with Crippen molar-refractivity contribution in [2.24, 2.45) is 0 Å². The molecular weight excluding hydrogens is 312 g/mol. The van der Waals surface area contributed by atoms with Crippen LogP contribution < -0.4 is 9.64 Å². The number of aryl methyl sites for hydroxylation is 2. The number of rotatable bonds is 5. The number of benzene rings is 2. The smallest absolute Gasteiger partial charge is 0.226 e. The van der Waals surface area contributed by atoms with Gasteiger partial charge in [0.15, 0.2) is 0 Å². The monoisotopic (exact) mass is 338 g/mol. The van der Waals surface area contributed by atoms with Crippen LogP contribution in [0.15, 0.2) is 48.5 Å². The van der Waals surface area contributed by atoms with Gasteiger partial charge in [0.1, 0.15) is 5.75 Å². The maximum atomic E-state index is 12.4. The van der Waals surface area contributed by atoms with Crippen LogP contribution in [0.25, 0.3) is 0 Å². The molecule has 0 radical (unpaired) electrons. The number of nitrogens with zero attached hydrogens (tertiary/aromatic N) is 2. The summed E-state index contributed by atoms with van der Waals surface area (Å²) in [6, 6.07) is 16.2. The van der Waals surface area contributed by atoms with Crippen LogP contribution in [0.1, 0.15) is 17.5 Å². The molecule has 25 heavy (non-hydrogen) atoms. The van der Waals surface area contributed by atoms with Crippen LogP contribution >= 0.6 is 0 Å². The molecule has 3 rings (SSSR count). The molecule has 2 aromatic rings. The van der Waals surface area contributed by atoms with Crippen molar-refractivity contribution in [3.05, 3.63) is 59.7 Å². The van der Waals surface area contributed by atoms with Crippen molar-refractivity contribution in [1.29, 1.82) is 0 Å². The maximum absolute atomic E-state index is 12.4. The fourth-order valence-corrected chi connectivity index (χ4v) is 3.29. The molecule has 1 aliphatic rings. The Morgan fingerprint density at radius 3 is 2.40 bits per heavy atom. The molecule has 0 saturated carbocycles. The van der Waals surface area contributed by atoms with E-state index in [0.717, 1.165) is 31.9 Å². The average molecular weight is 338 g/mol. The van der Waals surface area contributed by atoms with E-state index in [1.165, 1.54) is 16.8 Å². The Kier molecular flexibility index (Phi) is 5.59. The molecule has 0 aromatic heterocycles. The molecule has 132 valence electrons. The van der Waals surface area contributed by atoms with Crippen molar-refractivity contribution in [3.8, 4) is 5.75 Å². The lowest BCUT2D eigenvalue weighted by atomic mass is 10.1. The maximum Gasteiger partial charge on any atom is 0.226 e. The summed E-state index contributed by atoms with van der Waals surface area (Å²) in [4.78, 5) is 16.7. The van der Waals surface area contributed by atoms with E-state index < -0.39 is 0 Å². The molecule has 4 heteroatoms. The predicted molar refractivity (Wildman–Crippen MR) is 101 cm³/mol. The van der Waals surface area contributed by atoms with Gasteiger partial charge in [0, 0.05) is 31.9 Å². The van der Waals surface area contributed by atoms with Crippen molar-refractivity contribution >= 4 is 11.6 Å². The van der Waals surface area contributed by atoms with Crippen LogP contribution in [-0.2, 0) is 4.79 Å². The van der Waals surface area contributed by atoms with Gasteiger partial charge in [-0.15, -0.1) is 0 Å². The summed E-state index contributed by atoms with van der Waals surface area (Å²) in [6.45, 7) is 8.02. The van der Waals surface area contributed by atoms with E-state index in [1.807, 2.05) is 35.2 Å². The van der Waals surface area contributed by atoms with Gasteiger partial charge in [-0.3, -0.25) is 4.79 Å². The van der Waals surface area contributed by atoms with Gasteiger partial charge in [0.05, 0.1) is 13.0 Å². The van der Waals surface area contributed by atoms with Crippen LogP contribution in [0.5, 0.6) is 5.75 Å². The van der Waals surface area contributed by atoms with Gasteiger partial charge in [-0.1, -0.05) is 35.9 Å². The number of carbonyl (C=O) groups excluding carboxylic acids is 1. The van der Waals surface area contributed by atoms with Crippen LogP contribution in [0, 0.1) is 13.8 Å². The molecule has 1 heterocycles. The van der Waals surface area contributed by atoms with Crippen molar-refractivity contribution in [3.63, 3.8) is 0 Å². The molecule has 0 spiro atoms. The van der Waals surface area contributed by atoms with Crippen LogP contribution in [-0.4, -0.2) is 43.6 Å². The molecule has 1 fully saturated rings. The van der Waals surface area contributed by atoms with Crippen LogP contribution in [0.2, 0.25) is 0 Å². The second-order valence-corrected chi connectivity index (χ2v) is 6.57. The number of amides is 1. The third-order valence-corrected chi connectivity index (χ3v) is 4.65. The Morgan fingerprint density at radius 1 is 1.00 bits per heavy atom. The molecule has 1 saturated heterocycles. The second kappa shape index (κ2) is 8.06. The van der Waals surface area contributed by atoms with E-state index in [2.05, 4.69) is 36.9 Å². The molecule has 0 atom stereocenters. The Balaban J connectivity index is 1.46. The van der Waals surface area contributed by atoms with Gasteiger partial charge in [-0.2, -0.15) is 0 Å². The SMILES string of the molecule is Cc1ccc(N2CCN(C(=O)CCOc3ccccc3)CC2)c(C)c1. The summed E-state index contributed by atoms with van der Waals surface area (Å²) in [5, 5.41) is 0. The third-order valence-electron chi connectivity index (χ3n) is 4.65. The lowest BCUT2D eigenvalue weighted by Gasteiger charge is -2.37. The lowest BCUT2D eigenvalue weighted by Crippen LogP contribution is -2.49. The van der Waals surface area contributed by atoms with E-state index in [0.29, 0.717) is 13.0 Å². The van der Waals surface area contributed by atoms with Gasteiger partial charge in [0.2, 0.25) is 5.91 Å². The van der Waals surface area contributed by atoms with Gasteiger partial charge in [-0.25, -0.2) is 0 Å². The number of hydrogen-bond acceptors (Lipinski definition) is 3. The quantitative estimate of drug-likeness (QED) is 0.837. The summed E-state index contributed by atoms with van der Waals surface area (Å²) in [7, 11) is 0. The molecule has 1 aliphatic heterocycles. The minimum absolute atomic E-state index is 0.177. The second-order valence-electron chi connectivity index (χ2n) is 6.57. The topological polar surface area (TPSA) is 32.8 Å². The van der Waals surface area contributed by atoms with Gasteiger partial charge < -0.3 is 14.5 Å². The number of anilines is 1. The Morgan fingerprint density at radius 2 is 1.72 bits per heavy atom. The van der Waals surface area contributed by atoms with Crippen molar-refractivity contribution in [2.45, 2.75) is 20.3 Å². The first-order valence-corrected chi connectivity index (χ1v) is 8.91. The minimum atomic E-state index is 0.177. The zero-order valence-corrected chi connectivity index (χ0v) is 15.1. The van der Waals surface area contributed by atoms with Crippen molar-refractivity contribution < 1.29 is 9.53 Å². The standard InChI is InChI=1S/C21H26N2O2/c1-17-8-9-20(18(2)16-17)22-11-13-23(14-12-22)21(24)10-15-25-19-6-4-3-5-7-19/h3-9,16H,10-15H2,1-2H3. The van der Waals surface area contributed by atoms with E-state index in [9.17, 15) is 4.79 Å². The fourth-order valence-electron chi connectivity index (χ4n) is 3.29. The molecular formula is C21H26N2O2. The predicted octanol–water partition coefficient (Wildman–Crippen LogP) is 3.42. The zero-order valence-electron chi connectivity index (χ0n) is 15.1. The number of para-hydroxylation sites is 1. The molecule has 0 unspecified atom stereocenters. The van der Waals surface area contributed by atoms with E-state index in [1.54, 1.807) is 0 Å². The molecule has 0 bridgehead atoms. The first-order chi connectivity index (χ1) is 12.1. The normalized spacial score (nSPS) is 14.5. The largest absolute Gasteiger partial charge is 0.493 e. The van der Waals surface area contributed by atoms with Gasteiger partial charge in [-0.05, 0) is 37.6 Å². The molecule has 2 aromatic carbocycles. The highest BCUT2D eigenvalue weighted by Gasteiger charge is 2.21. The highest BCUT2D eigenvalue weighted by Crippen LogP contribution is 2.22. The van der Waals surface area contributed by atoms with E-state index in [-0.39, 0.29) is 5.91 Å². The summed E-state index contributed by atoms with van der Waals surface area (Å²) in [5.74, 6) is 0.992. The highest BCUT2D eigenvalue weighted by molar-refractivity contribution is 5.76. The summed E-state index contributed by atoms with van der Waals surface area (Å²) >= 11 is 0. The number of hydrogen-bond donors (Lipinski definition) is 0. The lowest BCUT2D eigenvalue weighted by molar-refractivity contribution is -0.132. The van der Waals surface area contributed by atoms with Gasteiger partial charge >= 0.3 is 0 Å². The van der Waals surface area contributed by atoms with Crippen LogP contribution in [0.4, 0.5) is 5.69 Å². The Labute approximate surface area is 150 Å². The first kappa shape index (κ1) is 17.3. The van der Waals surface area contributed by atoms with E-state index in [4.69, 9.17) is 4.74 Å². The van der Waals surface area contributed by atoms with Crippen molar-refractivity contribution in [2.75, 3.05) is 37.7 Å². The molecule has 1 amide bonds. The average Bonchev–Trinajstić information content (AvgIpc) is 2.63. The highest BCUT2D eigenvalue weighted by atomic mass is 16.5. The molecule has 4 nitrogen and oxygen atoms in total. The number of carbonyl (C=O) groups is 1. The summed E-state index contributed by atoms with van der Waals surface area (Å²) < 4.78 is 5.63. The van der Waals surface area contributed by atoms with Gasteiger partial charge in [0.25, 0.3) is 0 Å². The zero-order chi connectivity index (χ0) is 17.6. The number of ether oxygens (including phenoxy) is 1. The fraction of sp³-hybridized carbons (Fsp3) is 0.381. The number of piperazine rings is 1. The molecule has 0 N–H and O–H groups in total. The Hall–Kier alpha value is -2.49. The summed E-state index contributed by atoms with van der Waals surface area (Å²) in [6.07, 6.45) is 0.429. The summed E-state index contributed by atoms with van der Waals surface area (Å²) in [5.41, 5.74) is 3.87.